The highest BCUT2D eigenvalue weighted by molar-refractivity contribution is 5.79. The van der Waals surface area contributed by atoms with Gasteiger partial charge in [0, 0.05) is 5.92 Å². The summed E-state index contributed by atoms with van der Waals surface area (Å²) in [4.78, 5) is 0. The van der Waals surface area contributed by atoms with Crippen molar-refractivity contribution in [2.45, 2.75) is 38.2 Å². The zero-order valence-corrected chi connectivity index (χ0v) is 18.0. The molecule has 1 N–H and O–H groups in total. The fraction of sp³-hybridized carbons (Fsp3) is 0.200. The Balaban J connectivity index is 1.45. The Bertz CT molecular complexity index is 1330. The lowest BCUT2D eigenvalue weighted by atomic mass is 9.75. The van der Waals surface area contributed by atoms with Crippen molar-refractivity contribution in [3.63, 3.8) is 0 Å². The summed E-state index contributed by atoms with van der Waals surface area (Å²) < 4.78 is 0. The molecule has 2 atom stereocenters. The minimum Gasteiger partial charge on any atom is -0.385 e. The van der Waals surface area contributed by atoms with Crippen LogP contribution in [0, 0.1) is 0 Å². The first-order chi connectivity index (χ1) is 15.1. The summed E-state index contributed by atoms with van der Waals surface area (Å²) in [5.41, 5.74) is 12.0. The van der Waals surface area contributed by atoms with Gasteiger partial charge in [-0.3, -0.25) is 0 Å². The first-order valence-corrected chi connectivity index (χ1v) is 11.2. The summed E-state index contributed by atoms with van der Waals surface area (Å²) in [5.74, 6) is -0.0213. The Morgan fingerprint density at radius 1 is 0.645 bits per heavy atom. The fourth-order valence-electron chi connectivity index (χ4n) is 5.76. The molecule has 0 bridgehead atoms. The molecule has 2 aliphatic carbocycles. The van der Waals surface area contributed by atoms with Crippen LogP contribution in [-0.2, 0) is 18.4 Å². The second-order valence-electron chi connectivity index (χ2n) is 9.24. The highest BCUT2D eigenvalue weighted by Crippen LogP contribution is 2.48. The predicted molar refractivity (Wildman–Crippen MR) is 127 cm³/mol. The van der Waals surface area contributed by atoms with Gasteiger partial charge < -0.3 is 5.11 Å². The second kappa shape index (κ2) is 6.67. The number of hydrogen-bond donors (Lipinski definition) is 1. The smallest absolute Gasteiger partial charge is 0.0937 e. The molecule has 2 unspecified atom stereocenters. The fourth-order valence-corrected chi connectivity index (χ4v) is 5.76. The first kappa shape index (κ1) is 18.6. The van der Waals surface area contributed by atoms with E-state index in [4.69, 9.17) is 0 Å². The Kier molecular flexibility index (Phi) is 4.00. The predicted octanol–water partition coefficient (Wildman–Crippen LogP) is 6.84. The van der Waals surface area contributed by atoms with Crippen molar-refractivity contribution in [2.24, 2.45) is 0 Å². The van der Waals surface area contributed by atoms with Crippen LogP contribution in [-0.4, -0.2) is 5.11 Å². The standard InChI is InChI=1S/C30H26O/c1-19(22-13-7-14-25-23-11-5-3-9-20(23)17-27(22)25)30(2,31)29-16-8-15-26-24-12-6-4-10-21(24)18-28(26)29/h3-16,19,31H,17-18H2,1-2H3. The second-order valence-corrected chi connectivity index (χ2v) is 9.24. The maximum absolute atomic E-state index is 12.0. The van der Waals surface area contributed by atoms with E-state index in [0.29, 0.717) is 0 Å². The highest BCUT2D eigenvalue weighted by Gasteiger charge is 2.37. The summed E-state index contributed by atoms with van der Waals surface area (Å²) in [6.45, 7) is 4.18. The molecule has 6 rings (SSSR count). The number of rotatable bonds is 3. The third-order valence-electron chi connectivity index (χ3n) is 7.59. The molecule has 0 saturated carbocycles. The van der Waals surface area contributed by atoms with Crippen molar-refractivity contribution in [1.82, 2.24) is 0 Å². The van der Waals surface area contributed by atoms with Crippen molar-refractivity contribution < 1.29 is 5.11 Å². The molecule has 0 spiro atoms. The van der Waals surface area contributed by atoms with Gasteiger partial charge in [-0.2, -0.15) is 0 Å². The molecular formula is C30H26O. The number of hydrogen-bond acceptors (Lipinski definition) is 1. The van der Waals surface area contributed by atoms with Gasteiger partial charge in [-0.1, -0.05) is 91.9 Å². The van der Waals surface area contributed by atoms with Crippen LogP contribution in [0.5, 0.6) is 0 Å². The molecule has 152 valence electrons. The molecule has 1 heteroatoms. The van der Waals surface area contributed by atoms with Gasteiger partial charge >= 0.3 is 0 Å². The summed E-state index contributed by atoms with van der Waals surface area (Å²) in [6, 6.07) is 30.3. The average molecular weight is 403 g/mol. The monoisotopic (exact) mass is 402 g/mol. The normalized spacial score (nSPS) is 16.1. The number of fused-ring (bicyclic) bond motifs is 6. The lowest BCUT2D eigenvalue weighted by Gasteiger charge is -2.34. The zero-order chi connectivity index (χ0) is 21.2. The van der Waals surface area contributed by atoms with E-state index in [9.17, 15) is 5.11 Å². The molecule has 31 heavy (non-hydrogen) atoms. The molecule has 2 aliphatic rings. The first-order valence-electron chi connectivity index (χ1n) is 11.2. The quantitative estimate of drug-likeness (QED) is 0.343. The molecule has 1 nitrogen and oxygen atoms in total. The Morgan fingerprint density at radius 3 is 1.84 bits per heavy atom. The summed E-state index contributed by atoms with van der Waals surface area (Å²) in [6.07, 6.45) is 1.84. The van der Waals surface area contributed by atoms with Crippen LogP contribution < -0.4 is 0 Å². The van der Waals surface area contributed by atoms with E-state index >= 15 is 0 Å². The Labute approximate surface area is 184 Å². The Morgan fingerprint density at radius 2 is 1.16 bits per heavy atom. The minimum atomic E-state index is -0.961. The molecule has 0 amide bonds. The molecule has 4 aromatic rings. The van der Waals surface area contributed by atoms with Crippen molar-refractivity contribution in [3.8, 4) is 22.3 Å². The van der Waals surface area contributed by atoms with Crippen LogP contribution in [0.25, 0.3) is 22.3 Å². The largest absolute Gasteiger partial charge is 0.385 e. The van der Waals surface area contributed by atoms with Gasteiger partial charge in [-0.25, -0.2) is 0 Å². The van der Waals surface area contributed by atoms with E-state index in [1.54, 1.807) is 0 Å². The van der Waals surface area contributed by atoms with Crippen LogP contribution in [0.15, 0.2) is 84.9 Å². The molecule has 0 fully saturated rings. The topological polar surface area (TPSA) is 20.2 Å². The minimum absolute atomic E-state index is 0.0213. The van der Waals surface area contributed by atoms with E-state index in [-0.39, 0.29) is 5.92 Å². The maximum Gasteiger partial charge on any atom is 0.0937 e. The van der Waals surface area contributed by atoms with Crippen molar-refractivity contribution in [3.05, 3.63) is 118 Å². The van der Waals surface area contributed by atoms with Crippen LogP contribution in [0.4, 0.5) is 0 Å². The molecule has 4 aromatic carbocycles. The molecule has 0 aromatic heterocycles. The summed E-state index contributed by atoms with van der Waals surface area (Å²) >= 11 is 0. The number of aliphatic hydroxyl groups is 1. The van der Waals surface area contributed by atoms with Crippen molar-refractivity contribution in [2.75, 3.05) is 0 Å². The molecule has 0 heterocycles. The van der Waals surface area contributed by atoms with Gasteiger partial charge in [0.25, 0.3) is 0 Å². The van der Waals surface area contributed by atoms with Gasteiger partial charge in [0.2, 0.25) is 0 Å². The average Bonchev–Trinajstić information content (AvgIpc) is 3.36. The van der Waals surface area contributed by atoms with Crippen molar-refractivity contribution in [1.29, 1.82) is 0 Å². The van der Waals surface area contributed by atoms with E-state index < -0.39 is 5.60 Å². The third kappa shape index (κ3) is 2.66. The molecule has 0 aliphatic heterocycles. The van der Waals surface area contributed by atoms with E-state index in [1.165, 1.54) is 50.1 Å². The van der Waals surface area contributed by atoms with E-state index in [0.717, 1.165) is 18.4 Å². The summed E-state index contributed by atoms with van der Waals surface area (Å²) in [5, 5.41) is 12.0. The number of benzene rings is 4. The lowest BCUT2D eigenvalue weighted by Crippen LogP contribution is -2.30. The van der Waals surface area contributed by atoms with Gasteiger partial charge in [-0.15, -0.1) is 0 Å². The lowest BCUT2D eigenvalue weighted by molar-refractivity contribution is 0.0315. The zero-order valence-electron chi connectivity index (χ0n) is 18.0. The molecular weight excluding hydrogens is 376 g/mol. The third-order valence-corrected chi connectivity index (χ3v) is 7.59. The van der Waals surface area contributed by atoms with Crippen LogP contribution in [0.3, 0.4) is 0 Å². The van der Waals surface area contributed by atoms with E-state index in [1.807, 2.05) is 6.92 Å². The Hall–Kier alpha value is -3.16. The maximum atomic E-state index is 12.0. The van der Waals surface area contributed by atoms with Crippen molar-refractivity contribution >= 4 is 0 Å². The van der Waals surface area contributed by atoms with Gasteiger partial charge in [0.05, 0.1) is 5.60 Å². The van der Waals surface area contributed by atoms with Crippen LogP contribution >= 0.6 is 0 Å². The van der Waals surface area contributed by atoms with Crippen LogP contribution in [0.1, 0.15) is 53.1 Å². The SMILES string of the molecule is CC(c1cccc2c1Cc1ccccc1-2)C(C)(O)c1cccc2c1Cc1ccccc1-2. The molecule has 0 radical (unpaired) electrons. The molecule has 0 saturated heterocycles. The summed E-state index contributed by atoms with van der Waals surface area (Å²) in [7, 11) is 0. The van der Waals surface area contributed by atoms with Crippen LogP contribution in [0.2, 0.25) is 0 Å². The van der Waals surface area contributed by atoms with Gasteiger partial charge in [0.15, 0.2) is 0 Å². The van der Waals surface area contributed by atoms with Gasteiger partial charge in [-0.05, 0) is 75.4 Å². The van der Waals surface area contributed by atoms with Gasteiger partial charge in [0.1, 0.15) is 0 Å². The van der Waals surface area contributed by atoms with E-state index in [2.05, 4.69) is 91.9 Å². The highest BCUT2D eigenvalue weighted by atomic mass is 16.3.